The predicted molar refractivity (Wildman–Crippen MR) is 67.5 cm³/mol. The molecule has 2 N–H and O–H groups in total. The summed E-state index contributed by atoms with van der Waals surface area (Å²) in [6.07, 6.45) is 3.17. The number of fused-ring (bicyclic) bond motifs is 1. The summed E-state index contributed by atoms with van der Waals surface area (Å²) in [5.74, 6) is -0.288. The molecule has 2 aromatic heterocycles. The average molecular weight is 242 g/mol. The van der Waals surface area contributed by atoms with Crippen LogP contribution in [0.25, 0.3) is 16.8 Å². The van der Waals surface area contributed by atoms with Crippen LogP contribution in [0, 0.1) is 12.7 Å². The second kappa shape index (κ2) is 3.80. The molecule has 3 rings (SSSR count). The summed E-state index contributed by atoms with van der Waals surface area (Å²) in [4.78, 5) is 4.23. The molecule has 0 bridgehead atoms. The van der Waals surface area contributed by atoms with Crippen molar-refractivity contribution in [1.29, 1.82) is 0 Å². The highest BCUT2D eigenvalue weighted by Crippen LogP contribution is 2.26. The van der Waals surface area contributed by atoms with Crippen LogP contribution in [-0.2, 0) is 0 Å². The summed E-state index contributed by atoms with van der Waals surface area (Å²) in [7, 11) is 0. The number of nitrogens with zero attached hydrogens (tertiary/aromatic N) is 3. The topological polar surface area (TPSA) is 56.2 Å². The van der Waals surface area contributed by atoms with Gasteiger partial charge in [0.2, 0.25) is 0 Å². The van der Waals surface area contributed by atoms with Gasteiger partial charge in [-0.15, -0.1) is 0 Å². The first kappa shape index (κ1) is 10.7. The Labute approximate surface area is 103 Å². The molecular weight excluding hydrogens is 231 g/mol. The number of nitrogens with two attached hydrogens (primary N) is 1. The van der Waals surface area contributed by atoms with E-state index < -0.39 is 0 Å². The zero-order valence-electron chi connectivity index (χ0n) is 9.76. The Balaban J connectivity index is 2.32. The van der Waals surface area contributed by atoms with Crippen LogP contribution in [-0.4, -0.2) is 14.6 Å². The molecule has 90 valence electrons. The normalized spacial score (nSPS) is 11.0. The molecule has 3 aromatic rings. The highest BCUT2D eigenvalue weighted by molar-refractivity contribution is 5.77. The third-order valence-electron chi connectivity index (χ3n) is 2.97. The van der Waals surface area contributed by atoms with Crippen molar-refractivity contribution in [1.82, 2.24) is 14.6 Å². The summed E-state index contributed by atoms with van der Waals surface area (Å²) < 4.78 is 15.4. The van der Waals surface area contributed by atoms with Crippen LogP contribution in [0.1, 0.15) is 5.69 Å². The number of aromatic nitrogens is 3. The zero-order chi connectivity index (χ0) is 12.7. The number of nitrogen functional groups attached to an aromatic ring is 1. The SMILES string of the molecule is Cc1c(N)cnc2c(-c3ccccc3F)cnn12. The molecule has 0 aliphatic rings. The molecule has 2 heterocycles. The fourth-order valence-electron chi connectivity index (χ4n) is 1.93. The maximum absolute atomic E-state index is 13.8. The molecular formula is C13H11FN4. The lowest BCUT2D eigenvalue weighted by Gasteiger charge is -2.04. The van der Waals surface area contributed by atoms with Gasteiger partial charge >= 0.3 is 0 Å². The maximum atomic E-state index is 13.8. The van der Waals surface area contributed by atoms with E-state index in [9.17, 15) is 4.39 Å². The Kier molecular flexibility index (Phi) is 2.26. The Hall–Kier alpha value is -2.43. The molecule has 0 unspecified atom stereocenters. The van der Waals surface area contributed by atoms with Crippen molar-refractivity contribution in [2.75, 3.05) is 5.73 Å². The van der Waals surface area contributed by atoms with Crippen LogP contribution in [0.15, 0.2) is 36.7 Å². The fourth-order valence-corrected chi connectivity index (χ4v) is 1.93. The van der Waals surface area contributed by atoms with Gasteiger partial charge < -0.3 is 5.73 Å². The molecule has 18 heavy (non-hydrogen) atoms. The van der Waals surface area contributed by atoms with Crippen molar-refractivity contribution in [3.63, 3.8) is 0 Å². The standard InChI is InChI=1S/C13H11FN4/c1-8-12(15)7-16-13-10(6-17-18(8)13)9-4-2-3-5-11(9)14/h2-7H,15H2,1H3. The highest BCUT2D eigenvalue weighted by atomic mass is 19.1. The van der Waals surface area contributed by atoms with Gasteiger partial charge in [0.15, 0.2) is 5.65 Å². The summed E-state index contributed by atoms with van der Waals surface area (Å²) >= 11 is 0. The molecule has 0 spiro atoms. The molecule has 0 atom stereocenters. The van der Waals surface area contributed by atoms with Gasteiger partial charge in [0.25, 0.3) is 0 Å². The Morgan fingerprint density at radius 1 is 1.17 bits per heavy atom. The van der Waals surface area contributed by atoms with E-state index in [0.717, 1.165) is 5.69 Å². The van der Waals surface area contributed by atoms with Crippen LogP contribution in [0.5, 0.6) is 0 Å². The number of rotatable bonds is 1. The average Bonchev–Trinajstić information content (AvgIpc) is 2.79. The minimum absolute atomic E-state index is 0.288. The monoisotopic (exact) mass is 242 g/mol. The van der Waals surface area contributed by atoms with Crippen LogP contribution in [0.4, 0.5) is 10.1 Å². The summed E-state index contributed by atoms with van der Waals surface area (Å²) in [5.41, 5.74) is 8.88. The van der Waals surface area contributed by atoms with E-state index in [2.05, 4.69) is 10.1 Å². The van der Waals surface area contributed by atoms with E-state index in [4.69, 9.17) is 5.73 Å². The Morgan fingerprint density at radius 2 is 1.94 bits per heavy atom. The fraction of sp³-hybridized carbons (Fsp3) is 0.0769. The first-order chi connectivity index (χ1) is 8.68. The van der Waals surface area contributed by atoms with Gasteiger partial charge in [-0.3, -0.25) is 0 Å². The molecule has 0 radical (unpaired) electrons. The van der Waals surface area contributed by atoms with E-state index in [0.29, 0.717) is 22.5 Å². The largest absolute Gasteiger partial charge is 0.396 e. The lowest BCUT2D eigenvalue weighted by Crippen LogP contribution is -2.01. The van der Waals surface area contributed by atoms with E-state index in [1.165, 1.54) is 6.07 Å². The zero-order valence-corrected chi connectivity index (χ0v) is 9.76. The van der Waals surface area contributed by atoms with E-state index in [1.807, 2.05) is 6.92 Å². The predicted octanol–water partition coefficient (Wildman–Crippen LogP) is 2.43. The summed E-state index contributed by atoms with van der Waals surface area (Å²) in [6, 6.07) is 6.57. The number of anilines is 1. The van der Waals surface area contributed by atoms with Crippen LogP contribution in [0.2, 0.25) is 0 Å². The highest BCUT2D eigenvalue weighted by Gasteiger charge is 2.13. The summed E-state index contributed by atoms with van der Waals surface area (Å²) in [5, 5.41) is 4.20. The molecule has 0 saturated carbocycles. The van der Waals surface area contributed by atoms with Gasteiger partial charge in [0.1, 0.15) is 5.82 Å². The number of hydrogen-bond acceptors (Lipinski definition) is 3. The van der Waals surface area contributed by atoms with Crippen molar-refractivity contribution >= 4 is 11.3 Å². The smallest absolute Gasteiger partial charge is 0.163 e. The molecule has 5 heteroatoms. The van der Waals surface area contributed by atoms with E-state index in [1.54, 1.807) is 35.1 Å². The maximum Gasteiger partial charge on any atom is 0.163 e. The second-order valence-electron chi connectivity index (χ2n) is 4.07. The number of hydrogen-bond donors (Lipinski definition) is 1. The third kappa shape index (κ3) is 1.44. The molecule has 1 aromatic carbocycles. The van der Waals surface area contributed by atoms with Crippen molar-refractivity contribution in [3.8, 4) is 11.1 Å². The molecule has 0 fully saturated rings. The summed E-state index contributed by atoms with van der Waals surface area (Å²) in [6.45, 7) is 1.85. The van der Waals surface area contributed by atoms with Crippen LogP contribution in [0.3, 0.4) is 0 Å². The molecule has 0 aliphatic carbocycles. The first-order valence-electron chi connectivity index (χ1n) is 5.52. The number of aryl methyl sites for hydroxylation is 1. The van der Waals surface area contributed by atoms with Crippen LogP contribution >= 0.6 is 0 Å². The van der Waals surface area contributed by atoms with Crippen molar-refractivity contribution in [2.45, 2.75) is 6.92 Å². The molecule has 4 nitrogen and oxygen atoms in total. The van der Waals surface area contributed by atoms with Gasteiger partial charge in [-0.05, 0) is 13.0 Å². The second-order valence-corrected chi connectivity index (χ2v) is 4.07. The Morgan fingerprint density at radius 3 is 2.72 bits per heavy atom. The molecule has 0 aliphatic heterocycles. The number of halogens is 1. The lowest BCUT2D eigenvalue weighted by molar-refractivity contribution is 0.631. The lowest BCUT2D eigenvalue weighted by atomic mass is 10.1. The van der Waals surface area contributed by atoms with Gasteiger partial charge in [0, 0.05) is 11.1 Å². The van der Waals surface area contributed by atoms with E-state index in [-0.39, 0.29) is 5.82 Å². The molecule has 0 amide bonds. The Bertz CT molecular complexity index is 733. The first-order valence-corrected chi connectivity index (χ1v) is 5.52. The van der Waals surface area contributed by atoms with Crippen molar-refractivity contribution in [2.24, 2.45) is 0 Å². The third-order valence-corrected chi connectivity index (χ3v) is 2.97. The van der Waals surface area contributed by atoms with Gasteiger partial charge in [-0.25, -0.2) is 13.9 Å². The van der Waals surface area contributed by atoms with Crippen molar-refractivity contribution < 1.29 is 4.39 Å². The minimum atomic E-state index is -0.288. The van der Waals surface area contributed by atoms with Crippen LogP contribution < -0.4 is 5.73 Å². The van der Waals surface area contributed by atoms with Gasteiger partial charge in [0.05, 0.1) is 23.8 Å². The molecule has 0 saturated heterocycles. The van der Waals surface area contributed by atoms with E-state index >= 15 is 0 Å². The quantitative estimate of drug-likeness (QED) is 0.713. The van der Waals surface area contributed by atoms with Crippen molar-refractivity contribution in [3.05, 3.63) is 48.2 Å². The number of benzene rings is 1. The van der Waals surface area contributed by atoms with Gasteiger partial charge in [-0.1, -0.05) is 18.2 Å². The van der Waals surface area contributed by atoms with Gasteiger partial charge in [-0.2, -0.15) is 5.10 Å². The minimum Gasteiger partial charge on any atom is -0.396 e.